The molecule has 0 fully saturated rings. The molecular weight excluding hydrogens is 235 g/mol. The molecule has 15 heavy (non-hydrogen) atoms. The van der Waals surface area contributed by atoms with Crippen LogP contribution in [0.1, 0.15) is 0 Å². The van der Waals surface area contributed by atoms with Crippen molar-refractivity contribution in [1.82, 2.24) is 9.97 Å². The maximum Gasteiger partial charge on any atom is 0.197 e. The van der Waals surface area contributed by atoms with Gasteiger partial charge in [0.15, 0.2) is 4.77 Å². The van der Waals surface area contributed by atoms with Gasteiger partial charge >= 0.3 is 0 Å². The Morgan fingerprint density at radius 2 is 2.13 bits per heavy atom. The zero-order chi connectivity index (χ0) is 10.8. The van der Waals surface area contributed by atoms with Gasteiger partial charge in [0.2, 0.25) is 0 Å². The number of aromatic amines is 1. The van der Waals surface area contributed by atoms with Crippen LogP contribution in [-0.4, -0.2) is 9.97 Å². The molecule has 0 atom stereocenters. The lowest BCUT2D eigenvalue weighted by Crippen LogP contribution is -1.88. The molecule has 5 heteroatoms. The highest BCUT2D eigenvalue weighted by Gasteiger charge is 2.05. The van der Waals surface area contributed by atoms with E-state index in [-0.39, 0.29) is 5.82 Å². The number of hydrogen-bond donors (Lipinski definition) is 1. The smallest absolute Gasteiger partial charge is 0.197 e. The molecule has 2 aromatic rings. The molecule has 76 valence electrons. The summed E-state index contributed by atoms with van der Waals surface area (Å²) in [5, 5.41) is 0.466. The molecule has 0 unspecified atom stereocenters. The van der Waals surface area contributed by atoms with Crippen LogP contribution < -0.4 is 0 Å². The minimum atomic E-state index is -0.342. The van der Waals surface area contributed by atoms with Crippen LogP contribution in [0, 0.1) is 10.6 Å². The predicted octanol–water partition coefficient (Wildman–Crippen LogP) is 3.60. The summed E-state index contributed by atoms with van der Waals surface area (Å²) in [5.41, 5.74) is 1.23. The third-order valence-corrected chi connectivity index (χ3v) is 2.43. The van der Waals surface area contributed by atoms with E-state index in [0.717, 1.165) is 0 Å². The molecule has 1 aromatic carbocycles. The number of nitrogens with one attached hydrogen (secondary N) is 1. The summed E-state index contributed by atoms with van der Waals surface area (Å²) in [6.07, 6.45) is 1.55. The first-order valence-electron chi connectivity index (χ1n) is 4.17. The Hall–Kier alpha value is -1.26. The fourth-order valence-electron chi connectivity index (χ4n) is 1.23. The number of hydrogen-bond acceptors (Lipinski definition) is 2. The molecule has 0 spiro atoms. The second-order valence-electron chi connectivity index (χ2n) is 2.91. The Morgan fingerprint density at radius 1 is 1.33 bits per heavy atom. The highest BCUT2D eigenvalue weighted by Crippen LogP contribution is 2.26. The van der Waals surface area contributed by atoms with E-state index in [1.165, 1.54) is 18.2 Å². The Bertz CT molecular complexity index is 553. The normalized spacial score (nSPS) is 10.3. The number of benzene rings is 1. The molecule has 1 N–H and O–H groups in total. The van der Waals surface area contributed by atoms with E-state index in [0.29, 0.717) is 21.1 Å². The van der Waals surface area contributed by atoms with Gasteiger partial charge in [-0.1, -0.05) is 11.6 Å². The summed E-state index contributed by atoms with van der Waals surface area (Å²) < 4.78 is 13.4. The van der Waals surface area contributed by atoms with Gasteiger partial charge in [-0.2, -0.15) is 0 Å². The van der Waals surface area contributed by atoms with Crippen molar-refractivity contribution in [2.45, 2.75) is 0 Å². The first kappa shape index (κ1) is 10.3. The van der Waals surface area contributed by atoms with Crippen LogP contribution in [0.15, 0.2) is 30.5 Å². The molecule has 1 heterocycles. The Labute approximate surface area is 95.8 Å². The van der Waals surface area contributed by atoms with Crippen molar-refractivity contribution in [2.24, 2.45) is 0 Å². The van der Waals surface area contributed by atoms with Gasteiger partial charge in [0.25, 0.3) is 0 Å². The largest absolute Gasteiger partial charge is 0.330 e. The SMILES string of the molecule is Fc1ccc(Cl)c(-c2ccnc(=S)[nH]2)c1. The Morgan fingerprint density at radius 3 is 2.87 bits per heavy atom. The lowest BCUT2D eigenvalue weighted by atomic mass is 10.1. The Kier molecular flexibility index (Phi) is 2.79. The van der Waals surface area contributed by atoms with E-state index in [4.69, 9.17) is 23.8 Å². The molecule has 2 rings (SSSR count). The maximum absolute atomic E-state index is 13.0. The minimum absolute atomic E-state index is 0.341. The van der Waals surface area contributed by atoms with Crippen LogP contribution in [0.5, 0.6) is 0 Å². The second kappa shape index (κ2) is 4.08. The molecule has 0 amide bonds. The van der Waals surface area contributed by atoms with Gasteiger partial charge in [0.1, 0.15) is 5.82 Å². The minimum Gasteiger partial charge on any atom is -0.330 e. The summed E-state index contributed by atoms with van der Waals surface area (Å²) in [6.45, 7) is 0. The Balaban J connectivity index is 2.63. The number of H-pyrrole nitrogens is 1. The summed E-state index contributed by atoms with van der Waals surface area (Å²) in [4.78, 5) is 6.68. The average Bonchev–Trinajstić information content (AvgIpc) is 2.22. The molecule has 2 nitrogen and oxygen atoms in total. The summed E-state index contributed by atoms with van der Waals surface area (Å²) in [5.74, 6) is -0.342. The first-order chi connectivity index (χ1) is 7.16. The molecule has 0 bridgehead atoms. The lowest BCUT2D eigenvalue weighted by molar-refractivity contribution is 0.628. The molecule has 0 aliphatic carbocycles. The fraction of sp³-hybridized carbons (Fsp3) is 0. The lowest BCUT2D eigenvalue weighted by Gasteiger charge is -2.03. The number of halogens is 2. The first-order valence-corrected chi connectivity index (χ1v) is 4.96. The van der Waals surface area contributed by atoms with Gasteiger partial charge in [-0.15, -0.1) is 0 Å². The molecule has 0 saturated carbocycles. The van der Waals surface area contributed by atoms with Gasteiger partial charge in [-0.05, 0) is 36.5 Å². The molecule has 0 radical (unpaired) electrons. The van der Waals surface area contributed by atoms with Gasteiger partial charge in [0.05, 0.1) is 10.7 Å². The van der Waals surface area contributed by atoms with Crippen LogP contribution in [-0.2, 0) is 0 Å². The third kappa shape index (κ3) is 2.22. The molecule has 1 aromatic heterocycles. The van der Waals surface area contributed by atoms with Crippen LogP contribution in [0.3, 0.4) is 0 Å². The van der Waals surface area contributed by atoms with Gasteiger partial charge in [-0.25, -0.2) is 9.37 Å². The van der Waals surface area contributed by atoms with E-state index in [1.807, 2.05) is 0 Å². The zero-order valence-corrected chi connectivity index (χ0v) is 9.07. The molecule has 0 aliphatic heterocycles. The number of nitrogens with zero attached hydrogens (tertiary/aromatic N) is 1. The van der Waals surface area contributed by atoms with Crippen molar-refractivity contribution in [1.29, 1.82) is 0 Å². The quantitative estimate of drug-likeness (QED) is 0.772. The summed E-state index contributed by atoms with van der Waals surface area (Å²) in [6, 6.07) is 5.85. The highest BCUT2D eigenvalue weighted by atomic mass is 35.5. The van der Waals surface area contributed by atoms with E-state index in [1.54, 1.807) is 12.3 Å². The number of rotatable bonds is 1. The standard InChI is InChI=1S/C10H6ClFN2S/c11-8-2-1-6(12)5-7(8)9-3-4-13-10(15)14-9/h1-5H,(H,13,14,15). The molecular formula is C10H6ClFN2S. The van der Waals surface area contributed by atoms with E-state index in [9.17, 15) is 4.39 Å². The van der Waals surface area contributed by atoms with E-state index < -0.39 is 0 Å². The van der Waals surface area contributed by atoms with Crippen molar-refractivity contribution in [3.8, 4) is 11.3 Å². The summed E-state index contributed by atoms with van der Waals surface area (Å²) in [7, 11) is 0. The zero-order valence-electron chi connectivity index (χ0n) is 7.50. The second-order valence-corrected chi connectivity index (χ2v) is 3.71. The van der Waals surface area contributed by atoms with Crippen molar-refractivity contribution >= 4 is 23.8 Å². The highest BCUT2D eigenvalue weighted by molar-refractivity contribution is 7.71. The predicted molar refractivity (Wildman–Crippen MR) is 59.8 cm³/mol. The topological polar surface area (TPSA) is 28.7 Å². The molecule has 0 saturated heterocycles. The van der Waals surface area contributed by atoms with Crippen LogP contribution in [0.2, 0.25) is 5.02 Å². The molecule has 0 aliphatic rings. The van der Waals surface area contributed by atoms with Crippen molar-refractivity contribution in [3.05, 3.63) is 46.1 Å². The van der Waals surface area contributed by atoms with E-state index in [2.05, 4.69) is 9.97 Å². The number of aromatic nitrogens is 2. The fourth-order valence-corrected chi connectivity index (χ4v) is 1.62. The van der Waals surface area contributed by atoms with Crippen molar-refractivity contribution in [3.63, 3.8) is 0 Å². The van der Waals surface area contributed by atoms with Crippen LogP contribution in [0.25, 0.3) is 11.3 Å². The average molecular weight is 241 g/mol. The monoisotopic (exact) mass is 240 g/mol. The van der Waals surface area contributed by atoms with E-state index >= 15 is 0 Å². The van der Waals surface area contributed by atoms with Crippen LogP contribution in [0.4, 0.5) is 4.39 Å². The van der Waals surface area contributed by atoms with Gasteiger partial charge < -0.3 is 4.98 Å². The summed E-state index contributed by atoms with van der Waals surface area (Å²) >= 11 is 10.8. The maximum atomic E-state index is 13.0. The third-order valence-electron chi connectivity index (χ3n) is 1.89. The van der Waals surface area contributed by atoms with Gasteiger partial charge in [0, 0.05) is 11.8 Å². The van der Waals surface area contributed by atoms with Crippen molar-refractivity contribution in [2.75, 3.05) is 0 Å². The van der Waals surface area contributed by atoms with Crippen molar-refractivity contribution < 1.29 is 4.39 Å². The van der Waals surface area contributed by atoms with Gasteiger partial charge in [-0.3, -0.25) is 0 Å². The van der Waals surface area contributed by atoms with Crippen LogP contribution >= 0.6 is 23.8 Å².